The summed E-state index contributed by atoms with van der Waals surface area (Å²) in [5.74, 6) is 0.233. The first-order chi connectivity index (χ1) is 15.7. The van der Waals surface area contributed by atoms with Crippen molar-refractivity contribution in [1.29, 1.82) is 0 Å². The number of aryl methyl sites for hydroxylation is 1. The lowest BCUT2D eigenvalue weighted by molar-refractivity contribution is -0.137. The van der Waals surface area contributed by atoms with Crippen molar-refractivity contribution in [3.63, 3.8) is 0 Å². The van der Waals surface area contributed by atoms with Crippen LogP contribution in [0.2, 0.25) is 0 Å². The molecule has 0 saturated heterocycles. The highest BCUT2D eigenvalue weighted by molar-refractivity contribution is 5.77. The Balaban J connectivity index is 2.77. The van der Waals surface area contributed by atoms with Gasteiger partial charge < -0.3 is 9.47 Å². The SMILES string of the molecule is CCCCCCCCC(=O)Oc1cc(C(C)(C)C)cc(C)c1OC(=O)CCCCCCCC. The van der Waals surface area contributed by atoms with E-state index in [1.165, 1.54) is 38.5 Å². The summed E-state index contributed by atoms with van der Waals surface area (Å²) in [6, 6.07) is 3.89. The van der Waals surface area contributed by atoms with Crippen LogP contribution in [0.25, 0.3) is 0 Å². The van der Waals surface area contributed by atoms with Crippen molar-refractivity contribution in [2.45, 2.75) is 137 Å². The molecular weight excluding hydrogens is 412 g/mol. The zero-order valence-corrected chi connectivity index (χ0v) is 22.2. The van der Waals surface area contributed by atoms with E-state index in [0.717, 1.165) is 49.7 Å². The number of hydrogen-bond acceptors (Lipinski definition) is 4. The smallest absolute Gasteiger partial charge is 0.311 e. The molecule has 1 rings (SSSR count). The van der Waals surface area contributed by atoms with Gasteiger partial charge >= 0.3 is 11.9 Å². The summed E-state index contributed by atoms with van der Waals surface area (Å²) in [4.78, 5) is 25.1. The Morgan fingerprint density at radius 1 is 0.697 bits per heavy atom. The van der Waals surface area contributed by atoms with Crippen LogP contribution in [0.5, 0.6) is 11.5 Å². The molecule has 1 aromatic rings. The van der Waals surface area contributed by atoms with Gasteiger partial charge in [-0.25, -0.2) is 0 Å². The summed E-state index contributed by atoms with van der Waals surface area (Å²) in [6.45, 7) is 12.7. The molecule has 0 bridgehead atoms. The van der Waals surface area contributed by atoms with Crippen molar-refractivity contribution in [2.75, 3.05) is 0 Å². The van der Waals surface area contributed by atoms with Crippen LogP contribution in [0, 0.1) is 6.92 Å². The second-order valence-electron chi connectivity index (χ2n) is 10.4. The van der Waals surface area contributed by atoms with E-state index in [9.17, 15) is 9.59 Å². The van der Waals surface area contributed by atoms with Crippen LogP contribution in [0.15, 0.2) is 12.1 Å². The molecule has 0 aliphatic rings. The third-order valence-electron chi connectivity index (χ3n) is 6.02. The Morgan fingerprint density at radius 3 is 1.64 bits per heavy atom. The molecule has 0 radical (unpaired) electrons. The molecule has 33 heavy (non-hydrogen) atoms. The van der Waals surface area contributed by atoms with Gasteiger partial charge in [-0.2, -0.15) is 0 Å². The minimum atomic E-state index is -0.260. The van der Waals surface area contributed by atoms with Gasteiger partial charge in [0.05, 0.1) is 0 Å². The van der Waals surface area contributed by atoms with Gasteiger partial charge in [-0.05, 0) is 42.4 Å². The molecule has 0 spiro atoms. The standard InChI is InChI=1S/C29H48O4/c1-7-9-11-13-15-17-19-26(30)32-25-22-24(29(4,5)6)21-23(3)28(25)33-27(31)20-18-16-14-12-10-8-2/h21-22H,7-20H2,1-6H3. The number of hydrogen-bond donors (Lipinski definition) is 0. The molecule has 0 atom stereocenters. The lowest BCUT2D eigenvalue weighted by Gasteiger charge is -2.22. The minimum absolute atomic E-state index is 0.105. The van der Waals surface area contributed by atoms with Gasteiger partial charge in [-0.1, -0.05) is 105 Å². The van der Waals surface area contributed by atoms with Gasteiger partial charge in [0, 0.05) is 12.8 Å². The average molecular weight is 461 g/mol. The second-order valence-corrected chi connectivity index (χ2v) is 10.4. The summed E-state index contributed by atoms with van der Waals surface area (Å²) in [7, 11) is 0. The quantitative estimate of drug-likeness (QED) is 0.141. The van der Waals surface area contributed by atoms with Gasteiger partial charge in [-0.15, -0.1) is 0 Å². The number of carbonyl (C=O) groups is 2. The molecule has 0 heterocycles. The van der Waals surface area contributed by atoms with Crippen LogP contribution in [0.3, 0.4) is 0 Å². The van der Waals surface area contributed by atoms with E-state index >= 15 is 0 Å². The summed E-state index contributed by atoms with van der Waals surface area (Å²) >= 11 is 0. The molecule has 0 aliphatic heterocycles. The molecule has 0 unspecified atom stereocenters. The normalized spacial score (nSPS) is 11.5. The van der Waals surface area contributed by atoms with E-state index in [4.69, 9.17) is 9.47 Å². The molecule has 1 aromatic carbocycles. The predicted molar refractivity (Wildman–Crippen MR) is 137 cm³/mol. The van der Waals surface area contributed by atoms with E-state index in [2.05, 4.69) is 34.6 Å². The number of ether oxygens (including phenoxy) is 2. The molecule has 0 fully saturated rings. The highest BCUT2D eigenvalue weighted by Crippen LogP contribution is 2.37. The molecule has 4 heteroatoms. The molecule has 0 aliphatic carbocycles. The van der Waals surface area contributed by atoms with Crippen LogP contribution < -0.4 is 9.47 Å². The number of carbonyl (C=O) groups excluding carboxylic acids is 2. The van der Waals surface area contributed by atoms with E-state index in [-0.39, 0.29) is 17.4 Å². The van der Waals surface area contributed by atoms with Gasteiger partial charge in [0.25, 0.3) is 0 Å². The number of unbranched alkanes of at least 4 members (excludes halogenated alkanes) is 10. The fourth-order valence-electron chi connectivity index (χ4n) is 3.82. The Morgan fingerprint density at radius 2 is 1.15 bits per heavy atom. The van der Waals surface area contributed by atoms with E-state index < -0.39 is 0 Å². The summed E-state index contributed by atoms with van der Waals surface area (Å²) in [5, 5.41) is 0. The highest BCUT2D eigenvalue weighted by atomic mass is 16.6. The molecule has 0 amide bonds. The van der Waals surface area contributed by atoms with Crippen molar-refractivity contribution in [1.82, 2.24) is 0 Å². The van der Waals surface area contributed by atoms with Crippen molar-refractivity contribution < 1.29 is 19.1 Å². The number of benzene rings is 1. The van der Waals surface area contributed by atoms with Gasteiger partial charge in [0.1, 0.15) is 0 Å². The monoisotopic (exact) mass is 460 g/mol. The first kappa shape index (κ1) is 29.2. The molecule has 0 saturated carbocycles. The van der Waals surface area contributed by atoms with E-state index in [1.54, 1.807) is 0 Å². The predicted octanol–water partition coefficient (Wildman–Crippen LogP) is 8.60. The minimum Gasteiger partial charge on any atom is -0.422 e. The molecule has 0 N–H and O–H groups in total. The molecular formula is C29H48O4. The van der Waals surface area contributed by atoms with Gasteiger partial charge in [0.2, 0.25) is 0 Å². The van der Waals surface area contributed by atoms with Crippen LogP contribution >= 0.6 is 0 Å². The maximum atomic E-state index is 12.5. The van der Waals surface area contributed by atoms with Gasteiger partial charge in [-0.3, -0.25) is 9.59 Å². The zero-order valence-electron chi connectivity index (χ0n) is 22.2. The fraction of sp³-hybridized carbons (Fsp3) is 0.724. The van der Waals surface area contributed by atoms with Crippen LogP contribution in [-0.4, -0.2) is 11.9 Å². The van der Waals surface area contributed by atoms with Crippen molar-refractivity contribution in [3.8, 4) is 11.5 Å². The van der Waals surface area contributed by atoms with Crippen LogP contribution in [-0.2, 0) is 15.0 Å². The first-order valence-electron chi connectivity index (χ1n) is 13.3. The van der Waals surface area contributed by atoms with Crippen LogP contribution in [0.4, 0.5) is 0 Å². The molecule has 4 nitrogen and oxygen atoms in total. The Kier molecular flexibility index (Phi) is 14.1. The van der Waals surface area contributed by atoms with Crippen molar-refractivity contribution in [3.05, 3.63) is 23.3 Å². The van der Waals surface area contributed by atoms with Crippen LogP contribution in [0.1, 0.15) is 136 Å². The summed E-state index contributed by atoms with van der Waals surface area (Å²) < 4.78 is 11.5. The Labute approximate surface area is 202 Å². The Bertz CT molecular complexity index is 715. The Hall–Kier alpha value is -1.84. The lowest BCUT2D eigenvalue weighted by atomic mass is 9.86. The summed E-state index contributed by atoms with van der Waals surface area (Å²) in [6.07, 6.45) is 14.2. The lowest BCUT2D eigenvalue weighted by Crippen LogP contribution is -2.16. The number of esters is 2. The highest BCUT2D eigenvalue weighted by Gasteiger charge is 2.22. The van der Waals surface area contributed by atoms with Gasteiger partial charge in [0.15, 0.2) is 11.5 Å². The van der Waals surface area contributed by atoms with Crippen molar-refractivity contribution in [2.24, 2.45) is 0 Å². The van der Waals surface area contributed by atoms with E-state index in [1.807, 2.05) is 19.1 Å². The van der Waals surface area contributed by atoms with E-state index in [0.29, 0.717) is 24.3 Å². The zero-order chi connectivity index (χ0) is 24.7. The molecule has 188 valence electrons. The first-order valence-corrected chi connectivity index (χ1v) is 13.3. The summed E-state index contributed by atoms with van der Waals surface area (Å²) in [5.41, 5.74) is 1.77. The molecule has 0 aromatic heterocycles. The third kappa shape index (κ3) is 12.3. The maximum absolute atomic E-state index is 12.5. The third-order valence-corrected chi connectivity index (χ3v) is 6.02. The largest absolute Gasteiger partial charge is 0.422 e. The topological polar surface area (TPSA) is 52.6 Å². The second kappa shape index (κ2) is 15.9. The van der Waals surface area contributed by atoms with Crippen molar-refractivity contribution >= 4 is 11.9 Å². The average Bonchev–Trinajstić information content (AvgIpc) is 2.74. The number of rotatable bonds is 16. The maximum Gasteiger partial charge on any atom is 0.311 e. The fourth-order valence-corrected chi connectivity index (χ4v) is 3.82.